The lowest BCUT2D eigenvalue weighted by atomic mass is 10.2. The van der Waals surface area contributed by atoms with Gasteiger partial charge in [0.25, 0.3) is 5.91 Å². The van der Waals surface area contributed by atoms with Crippen LogP contribution in [0.4, 0.5) is 17.2 Å². The van der Waals surface area contributed by atoms with Crippen LogP contribution < -0.4 is 15.4 Å². The van der Waals surface area contributed by atoms with E-state index in [0.29, 0.717) is 40.7 Å². The molecule has 0 atom stereocenters. The first-order valence-corrected chi connectivity index (χ1v) is 9.05. The number of para-hydroxylation sites is 2. The van der Waals surface area contributed by atoms with Gasteiger partial charge in [0.05, 0.1) is 25.0 Å². The van der Waals surface area contributed by atoms with E-state index in [9.17, 15) is 9.59 Å². The molecule has 7 nitrogen and oxygen atoms in total. The van der Waals surface area contributed by atoms with Gasteiger partial charge >= 0.3 is 5.97 Å². The molecule has 0 aliphatic rings. The Bertz CT molecular complexity index is 1020. The Balaban J connectivity index is 1.76. The molecule has 2 aromatic carbocycles. The maximum Gasteiger partial charge on any atom is 0.337 e. The molecule has 3 aromatic rings. The van der Waals surface area contributed by atoms with Gasteiger partial charge in [-0.05, 0) is 49.4 Å². The van der Waals surface area contributed by atoms with Crippen molar-refractivity contribution >= 4 is 29.1 Å². The number of methoxy groups -OCH3 is 1. The van der Waals surface area contributed by atoms with Gasteiger partial charge < -0.3 is 20.1 Å². The molecule has 0 fully saturated rings. The molecule has 0 unspecified atom stereocenters. The third kappa shape index (κ3) is 5.10. The molecule has 0 radical (unpaired) electrons. The summed E-state index contributed by atoms with van der Waals surface area (Å²) in [5.41, 5.74) is 2.09. The summed E-state index contributed by atoms with van der Waals surface area (Å²) >= 11 is 0. The third-order valence-corrected chi connectivity index (χ3v) is 4.01. The van der Waals surface area contributed by atoms with E-state index in [1.54, 1.807) is 48.5 Å². The Morgan fingerprint density at radius 2 is 1.83 bits per heavy atom. The number of hydrogen-bond acceptors (Lipinski definition) is 6. The molecule has 2 N–H and O–H groups in total. The van der Waals surface area contributed by atoms with Gasteiger partial charge in [0, 0.05) is 17.4 Å². The molecule has 1 amide bonds. The van der Waals surface area contributed by atoms with Crippen molar-refractivity contribution in [3.8, 4) is 5.75 Å². The number of rotatable bonds is 7. The second-order valence-electron chi connectivity index (χ2n) is 6.01. The standard InChI is InChI=1S/C22H21N3O4/c1-3-29-19-10-5-4-9-18(19)25-21(26)15-11-12-23-20(14-15)24-17-8-6-7-16(13-17)22(27)28-2/h4-14H,3H2,1-2H3,(H,23,24)(H,25,26). The Kier molecular flexibility index (Phi) is 6.42. The van der Waals surface area contributed by atoms with Crippen LogP contribution in [-0.4, -0.2) is 30.6 Å². The summed E-state index contributed by atoms with van der Waals surface area (Å²) in [6, 6.07) is 17.3. The fourth-order valence-electron chi connectivity index (χ4n) is 2.68. The second kappa shape index (κ2) is 9.36. The zero-order valence-electron chi connectivity index (χ0n) is 16.1. The van der Waals surface area contributed by atoms with Gasteiger partial charge in [-0.15, -0.1) is 0 Å². The molecule has 0 spiro atoms. The topological polar surface area (TPSA) is 89.5 Å². The molecule has 7 heteroatoms. The van der Waals surface area contributed by atoms with E-state index in [4.69, 9.17) is 9.47 Å². The van der Waals surface area contributed by atoms with E-state index in [-0.39, 0.29) is 5.91 Å². The second-order valence-corrected chi connectivity index (χ2v) is 6.01. The van der Waals surface area contributed by atoms with E-state index in [1.807, 2.05) is 19.1 Å². The lowest BCUT2D eigenvalue weighted by Crippen LogP contribution is -2.13. The molecule has 0 saturated heterocycles. The molecular weight excluding hydrogens is 370 g/mol. The van der Waals surface area contributed by atoms with Crippen LogP contribution in [0, 0.1) is 0 Å². The SMILES string of the molecule is CCOc1ccccc1NC(=O)c1ccnc(Nc2cccc(C(=O)OC)c2)c1. The van der Waals surface area contributed by atoms with Crippen LogP contribution >= 0.6 is 0 Å². The molecule has 1 heterocycles. The Labute approximate surface area is 168 Å². The average molecular weight is 391 g/mol. The van der Waals surface area contributed by atoms with E-state index < -0.39 is 5.97 Å². The maximum absolute atomic E-state index is 12.7. The molecule has 1 aromatic heterocycles. The highest BCUT2D eigenvalue weighted by atomic mass is 16.5. The molecule has 0 saturated carbocycles. The van der Waals surface area contributed by atoms with Crippen LogP contribution in [0.2, 0.25) is 0 Å². The van der Waals surface area contributed by atoms with Gasteiger partial charge in [0.15, 0.2) is 0 Å². The third-order valence-electron chi connectivity index (χ3n) is 4.01. The number of benzene rings is 2. The van der Waals surface area contributed by atoms with Gasteiger partial charge in [-0.2, -0.15) is 0 Å². The molecule has 0 aliphatic heterocycles. The molecule has 0 aliphatic carbocycles. The first-order valence-electron chi connectivity index (χ1n) is 9.05. The molecule has 148 valence electrons. The van der Waals surface area contributed by atoms with Crippen molar-refractivity contribution in [2.45, 2.75) is 6.92 Å². The van der Waals surface area contributed by atoms with Gasteiger partial charge in [0.2, 0.25) is 0 Å². The Morgan fingerprint density at radius 1 is 1.00 bits per heavy atom. The van der Waals surface area contributed by atoms with Crippen molar-refractivity contribution in [2.75, 3.05) is 24.4 Å². The first-order chi connectivity index (χ1) is 14.1. The Hall–Kier alpha value is -3.87. The maximum atomic E-state index is 12.7. The Morgan fingerprint density at radius 3 is 2.62 bits per heavy atom. The molecule has 29 heavy (non-hydrogen) atoms. The first kappa shape index (κ1) is 19.9. The summed E-state index contributed by atoms with van der Waals surface area (Å²) < 4.78 is 10.3. The highest BCUT2D eigenvalue weighted by molar-refractivity contribution is 6.05. The number of hydrogen-bond donors (Lipinski definition) is 2. The number of carbonyl (C=O) groups excluding carboxylic acids is 2. The monoisotopic (exact) mass is 391 g/mol. The normalized spacial score (nSPS) is 10.1. The zero-order chi connectivity index (χ0) is 20.6. The van der Waals surface area contributed by atoms with Gasteiger partial charge in [-0.25, -0.2) is 9.78 Å². The minimum Gasteiger partial charge on any atom is -0.492 e. The van der Waals surface area contributed by atoms with Crippen LogP contribution in [0.15, 0.2) is 66.9 Å². The van der Waals surface area contributed by atoms with Gasteiger partial charge in [0.1, 0.15) is 11.6 Å². The van der Waals surface area contributed by atoms with Crippen molar-refractivity contribution in [3.63, 3.8) is 0 Å². The summed E-state index contributed by atoms with van der Waals surface area (Å²) in [4.78, 5) is 28.6. The van der Waals surface area contributed by atoms with Crippen molar-refractivity contribution in [1.29, 1.82) is 0 Å². The van der Waals surface area contributed by atoms with Crippen LogP contribution in [0.1, 0.15) is 27.6 Å². The summed E-state index contributed by atoms with van der Waals surface area (Å²) in [5.74, 6) is 0.363. The fourth-order valence-corrected chi connectivity index (χ4v) is 2.68. The number of nitrogens with one attached hydrogen (secondary N) is 2. The van der Waals surface area contributed by atoms with Crippen LogP contribution in [0.5, 0.6) is 5.75 Å². The number of esters is 1. The van der Waals surface area contributed by atoms with Crippen LogP contribution in [0.25, 0.3) is 0 Å². The smallest absolute Gasteiger partial charge is 0.337 e. The van der Waals surface area contributed by atoms with Crippen LogP contribution in [-0.2, 0) is 4.74 Å². The summed E-state index contributed by atoms with van der Waals surface area (Å²) in [6.45, 7) is 2.38. The molecular formula is C22H21N3O4. The summed E-state index contributed by atoms with van der Waals surface area (Å²) in [5, 5.41) is 5.94. The fraction of sp³-hybridized carbons (Fsp3) is 0.136. The predicted octanol–water partition coefficient (Wildman–Crippen LogP) is 4.26. The highest BCUT2D eigenvalue weighted by Crippen LogP contribution is 2.25. The summed E-state index contributed by atoms with van der Waals surface area (Å²) in [6.07, 6.45) is 1.54. The van der Waals surface area contributed by atoms with Crippen molar-refractivity contribution in [1.82, 2.24) is 4.98 Å². The number of aromatic nitrogens is 1. The lowest BCUT2D eigenvalue weighted by molar-refractivity contribution is 0.0600. The minimum atomic E-state index is -0.428. The van der Waals surface area contributed by atoms with E-state index >= 15 is 0 Å². The predicted molar refractivity (Wildman–Crippen MR) is 111 cm³/mol. The van der Waals surface area contributed by atoms with Crippen LogP contribution in [0.3, 0.4) is 0 Å². The zero-order valence-corrected chi connectivity index (χ0v) is 16.1. The van der Waals surface area contributed by atoms with E-state index in [1.165, 1.54) is 13.3 Å². The average Bonchev–Trinajstić information content (AvgIpc) is 2.75. The molecule has 3 rings (SSSR count). The lowest BCUT2D eigenvalue weighted by Gasteiger charge is -2.12. The number of pyridine rings is 1. The van der Waals surface area contributed by atoms with Crippen molar-refractivity contribution < 1.29 is 19.1 Å². The largest absolute Gasteiger partial charge is 0.492 e. The number of nitrogens with zero attached hydrogens (tertiary/aromatic N) is 1. The van der Waals surface area contributed by atoms with E-state index in [0.717, 1.165) is 0 Å². The van der Waals surface area contributed by atoms with Crippen molar-refractivity contribution in [3.05, 3.63) is 78.0 Å². The summed E-state index contributed by atoms with van der Waals surface area (Å²) in [7, 11) is 1.33. The van der Waals surface area contributed by atoms with Gasteiger partial charge in [-0.1, -0.05) is 18.2 Å². The highest BCUT2D eigenvalue weighted by Gasteiger charge is 2.11. The number of carbonyl (C=O) groups is 2. The quantitative estimate of drug-likeness (QED) is 0.585. The number of amides is 1. The minimum absolute atomic E-state index is 0.286. The van der Waals surface area contributed by atoms with E-state index in [2.05, 4.69) is 15.6 Å². The number of anilines is 3. The van der Waals surface area contributed by atoms with Gasteiger partial charge in [-0.3, -0.25) is 4.79 Å². The molecule has 0 bridgehead atoms. The van der Waals surface area contributed by atoms with Crippen molar-refractivity contribution in [2.24, 2.45) is 0 Å². The number of ether oxygens (including phenoxy) is 2.